The molecule has 1 aliphatic heterocycles. The molecular formula is C20H22FN3O3S2. The third-order valence-electron chi connectivity index (χ3n) is 4.90. The van der Waals surface area contributed by atoms with Crippen molar-refractivity contribution in [2.75, 3.05) is 26.3 Å². The minimum atomic E-state index is -3.56. The molecule has 0 amide bonds. The molecule has 0 N–H and O–H groups in total. The lowest BCUT2D eigenvalue weighted by Crippen LogP contribution is -2.40. The average Bonchev–Trinajstić information content (AvgIpc) is 3.10. The van der Waals surface area contributed by atoms with E-state index in [1.165, 1.54) is 16.4 Å². The van der Waals surface area contributed by atoms with Crippen molar-refractivity contribution >= 4 is 32.8 Å². The van der Waals surface area contributed by atoms with Crippen LogP contribution in [0.2, 0.25) is 0 Å². The fraction of sp³-hybridized carbons (Fsp3) is 0.350. The summed E-state index contributed by atoms with van der Waals surface area (Å²) < 4.78 is 47.8. The maximum Gasteiger partial charge on any atom is 0.243 e. The minimum absolute atomic E-state index is 0.255. The highest BCUT2D eigenvalue weighted by molar-refractivity contribution is 7.98. The van der Waals surface area contributed by atoms with Gasteiger partial charge in [0.1, 0.15) is 11.6 Å². The highest BCUT2D eigenvalue weighted by Gasteiger charge is 2.27. The Morgan fingerprint density at radius 2 is 1.86 bits per heavy atom. The monoisotopic (exact) mass is 435 g/mol. The summed E-state index contributed by atoms with van der Waals surface area (Å²) in [6.45, 7) is 4.32. The lowest BCUT2D eigenvalue weighted by Gasteiger charge is -2.26. The van der Waals surface area contributed by atoms with Crippen LogP contribution in [0.25, 0.3) is 11.0 Å². The number of hydrogen-bond donors (Lipinski definition) is 0. The van der Waals surface area contributed by atoms with Gasteiger partial charge in [0, 0.05) is 24.5 Å². The van der Waals surface area contributed by atoms with Crippen LogP contribution in [-0.2, 0) is 27.1 Å². The molecule has 0 unspecified atom stereocenters. The van der Waals surface area contributed by atoms with E-state index in [9.17, 15) is 12.8 Å². The summed E-state index contributed by atoms with van der Waals surface area (Å²) in [6.07, 6.45) is 0. The van der Waals surface area contributed by atoms with Crippen molar-refractivity contribution in [3.8, 4) is 0 Å². The van der Waals surface area contributed by atoms with Crippen molar-refractivity contribution in [3.63, 3.8) is 0 Å². The number of rotatable bonds is 6. The molecule has 154 valence electrons. The molecule has 6 nitrogen and oxygen atoms in total. The SMILES string of the molecule is CCn1c(CSc2ccc(F)cc2)nc2cc(S(=O)(=O)N3CCOCC3)ccc21. The molecule has 4 rings (SSSR count). The second-order valence-corrected chi connectivity index (χ2v) is 9.67. The molecule has 0 atom stereocenters. The van der Waals surface area contributed by atoms with Crippen molar-refractivity contribution < 1.29 is 17.5 Å². The van der Waals surface area contributed by atoms with Gasteiger partial charge in [-0.3, -0.25) is 0 Å². The molecule has 0 radical (unpaired) electrons. The van der Waals surface area contributed by atoms with Gasteiger partial charge < -0.3 is 9.30 Å². The first-order valence-electron chi connectivity index (χ1n) is 9.44. The Labute approximate surface area is 173 Å². The summed E-state index contributed by atoms with van der Waals surface area (Å²) in [7, 11) is -3.56. The van der Waals surface area contributed by atoms with Gasteiger partial charge in [0.25, 0.3) is 0 Å². The number of halogens is 1. The van der Waals surface area contributed by atoms with Crippen molar-refractivity contribution in [2.45, 2.75) is 29.0 Å². The van der Waals surface area contributed by atoms with Gasteiger partial charge in [0.2, 0.25) is 10.0 Å². The van der Waals surface area contributed by atoms with Crippen LogP contribution >= 0.6 is 11.8 Å². The highest BCUT2D eigenvalue weighted by Crippen LogP contribution is 2.27. The maximum absolute atomic E-state index is 13.1. The molecule has 1 fully saturated rings. The van der Waals surface area contributed by atoms with Crippen LogP contribution in [0.4, 0.5) is 4.39 Å². The van der Waals surface area contributed by atoms with E-state index in [2.05, 4.69) is 4.57 Å². The van der Waals surface area contributed by atoms with Gasteiger partial charge in [-0.05, 0) is 49.4 Å². The number of benzene rings is 2. The molecule has 1 aromatic heterocycles. The number of aromatic nitrogens is 2. The standard InChI is InChI=1S/C20H22FN3O3S2/c1-2-24-19-8-7-17(29(25,26)23-9-11-27-12-10-23)13-18(19)22-20(24)14-28-16-5-3-15(21)4-6-16/h3-8,13H,2,9-12,14H2,1H3. The lowest BCUT2D eigenvalue weighted by atomic mass is 10.3. The molecule has 2 aromatic carbocycles. The van der Waals surface area contributed by atoms with Crippen LogP contribution in [0.5, 0.6) is 0 Å². The summed E-state index contributed by atoms with van der Waals surface area (Å²) in [5, 5.41) is 0. The Balaban J connectivity index is 1.62. The molecule has 0 bridgehead atoms. The van der Waals surface area contributed by atoms with Crippen molar-refractivity contribution in [1.82, 2.24) is 13.9 Å². The normalized spacial score (nSPS) is 15.8. The lowest BCUT2D eigenvalue weighted by molar-refractivity contribution is 0.0730. The van der Waals surface area contributed by atoms with Gasteiger partial charge >= 0.3 is 0 Å². The highest BCUT2D eigenvalue weighted by atomic mass is 32.2. The molecule has 1 aliphatic rings. The number of ether oxygens (including phenoxy) is 1. The molecule has 29 heavy (non-hydrogen) atoms. The summed E-state index contributed by atoms with van der Waals surface area (Å²) in [4.78, 5) is 5.91. The predicted molar refractivity (Wildman–Crippen MR) is 111 cm³/mol. The van der Waals surface area contributed by atoms with E-state index < -0.39 is 10.0 Å². The second-order valence-electron chi connectivity index (χ2n) is 6.68. The zero-order chi connectivity index (χ0) is 20.4. The Hall–Kier alpha value is -1.94. The minimum Gasteiger partial charge on any atom is -0.379 e. The van der Waals surface area contributed by atoms with E-state index in [-0.39, 0.29) is 10.7 Å². The van der Waals surface area contributed by atoms with Crippen LogP contribution in [0.3, 0.4) is 0 Å². The topological polar surface area (TPSA) is 64.4 Å². The van der Waals surface area contributed by atoms with Crippen LogP contribution in [0.1, 0.15) is 12.7 Å². The Morgan fingerprint density at radius 3 is 2.55 bits per heavy atom. The molecule has 3 aromatic rings. The van der Waals surface area contributed by atoms with Crippen molar-refractivity contribution in [1.29, 1.82) is 0 Å². The van der Waals surface area contributed by atoms with Crippen LogP contribution < -0.4 is 0 Å². The number of nitrogens with zero attached hydrogens (tertiary/aromatic N) is 3. The molecule has 2 heterocycles. The van der Waals surface area contributed by atoms with Gasteiger partial charge in [-0.15, -0.1) is 11.8 Å². The Morgan fingerprint density at radius 1 is 1.14 bits per heavy atom. The summed E-state index contributed by atoms with van der Waals surface area (Å²) >= 11 is 1.57. The third kappa shape index (κ3) is 4.18. The quantitative estimate of drug-likeness (QED) is 0.555. The number of fused-ring (bicyclic) bond motifs is 1. The number of hydrogen-bond acceptors (Lipinski definition) is 5. The van der Waals surface area contributed by atoms with E-state index in [4.69, 9.17) is 9.72 Å². The third-order valence-corrected chi connectivity index (χ3v) is 7.81. The smallest absolute Gasteiger partial charge is 0.243 e. The van der Waals surface area contributed by atoms with E-state index in [0.717, 1.165) is 22.8 Å². The van der Waals surface area contributed by atoms with E-state index in [0.29, 0.717) is 37.6 Å². The van der Waals surface area contributed by atoms with E-state index >= 15 is 0 Å². The zero-order valence-corrected chi connectivity index (χ0v) is 17.7. The van der Waals surface area contributed by atoms with E-state index in [1.807, 2.05) is 13.0 Å². The fourth-order valence-electron chi connectivity index (χ4n) is 3.40. The van der Waals surface area contributed by atoms with Crippen LogP contribution in [0.15, 0.2) is 52.3 Å². The first-order valence-corrected chi connectivity index (χ1v) is 11.9. The number of thioether (sulfide) groups is 1. The van der Waals surface area contributed by atoms with Crippen molar-refractivity contribution in [2.24, 2.45) is 0 Å². The predicted octanol–water partition coefficient (Wildman–Crippen LogP) is 3.51. The van der Waals surface area contributed by atoms with Crippen molar-refractivity contribution in [3.05, 3.63) is 54.1 Å². The van der Waals surface area contributed by atoms with Gasteiger partial charge in [-0.25, -0.2) is 17.8 Å². The molecule has 0 spiro atoms. The maximum atomic E-state index is 13.1. The number of aryl methyl sites for hydroxylation is 1. The number of sulfonamides is 1. The first kappa shape index (κ1) is 20.3. The largest absolute Gasteiger partial charge is 0.379 e. The molecular weight excluding hydrogens is 413 g/mol. The molecule has 1 saturated heterocycles. The van der Waals surface area contributed by atoms with Gasteiger partial charge in [-0.2, -0.15) is 4.31 Å². The van der Waals surface area contributed by atoms with Gasteiger partial charge in [0.05, 0.1) is 34.9 Å². The van der Waals surface area contributed by atoms with E-state index in [1.54, 1.807) is 36.0 Å². The fourth-order valence-corrected chi connectivity index (χ4v) is 5.67. The zero-order valence-electron chi connectivity index (χ0n) is 16.0. The molecule has 0 saturated carbocycles. The summed E-state index contributed by atoms with van der Waals surface area (Å²) in [6, 6.07) is 11.5. The van der Waals surface area contributed by atoms with Gasteiger partial charge in [0.15, 0.2) is 0 Å². The number of imidazole rings is 1. The Kier molecular flexibility index (Phi) is 5.91. The number of morpholine rings is 1. The van der Waals surface area contributed by atoms with Gasteiger partial charge in [-0.1, -0.05) is 0 Å². The Bertz CT molecular complexity index is 1110. The molecule has 9 heteroatoms. The second kappa shape index (κ2) is 8.43. The summed E-state index contributed by atoms with van der Waals surface area (Å²) in [5.41, 5.74) is 1.57. The molecule has 0 aliphatic carbocycles. The first-order chi connectivity index (χ1) is 14.0. The van der Waals surface area contributed by atoms with Crippen LogP contribution in [0, 0.1) is 5.82 Å². The summed E-state index contributed by atoms with van der Waals surface area (Å²) in [5.74, 6) is 1.21. The van der Waals surface area contributed by atoms with Crippen LogP contribution in [-0.4, -0.2) is 48.6 Å². The average molecular weight is 436 g/mol.